The van der Waals surface area contributed by atoms with Crippen LogP contribution in [0.4, 0.5) is 10.1 Å². The number of rotatable bonds is 5. The zero-order valence-electron chi connectivity index (χ0n) is 13.4. The molecule has 112 valence electrons. The molecule has 0 fully saturated rings. The van der Waals surface area contributed by atoms with Crippen molar-refractivity contribution in [1.29, 1.82) is 0 Å². The number of halogens is 1. The van der Waals surface area contributed by atoms with Crippen LogP contribution in [0.25, 0.3) is 0 Å². The maximum atomic E-state index is 13.3. The number of carbonyl (C=O) groups excluding carboxylic acids is 1. The minimum atomic E-state index is -1.26. The van der Waals surface area contributed by atoms with Gasteiger partial charge in [0, 0.05) is 32.9 Å². The number of hydrogen-bond acceptors (Lipinski definition) is 1. The molecule has 1 aromatic carbocycles. The molecule has 20 heavy (non-hydrogen) atoms. The summed E-state index contributed by atoms with van der Waals surface area (Å²) in [6, 6.07) is 2.92. The summed E-state index contributed by atoms with van der Waals surface area (Å²) >= 11 is 0. The zero-order valence-corrected chi connectivity index (χ0v) is 14.3. The lowest BCUT2D eigenvalue weighted by molar-refractivity contribution is -0.116. The fourth-order valence-electron chi connectivity index (χ4n) is 2.46. The number of anilines is 1. The van der Waals surface area contributed by atoms with E-state index in [9.17, 15) is 9.18 Å². The first-order valence-electron chi connectivity index (χ1n) is 7.05. The molecule has 0 aromatic heterocycles. The smallest absolute Gasteiger partial charge is 0.265 e. The third-order valence-electron chi connectivity index (χ3n) is 3.55. The van der Waals surface area contributed by atoms with Crippen molar-refractivity contribution in [2.24, 2.45) is 0 Å². The Bertz CT molecular complexity index is 471. The van der Waals surface area contributed by atoms with Crippen molar-refractivity contribution in [2.75, 3.05) is 25.3 Å². The summed E-state index contributed by atoms with van der Waals surface area (Å²) in [6.45, 7) is 12.3. The molecule has 1 N–H and O–H groups in total. The minimum absolute atomic E-state index is 0.0661. The molecule has 0 spiro atoms. The van der Waals surface area contributed by atoms with E-state index < -0.39 is 7.26 Å². The molecule has 1 rings (SSSR count). The van der Waals surface area contributed by atoms with Gasteiger partial charge in [-0.1, -0.05) is 13.3 Å². The monoisotopic (exact) mass is 298 g/mol. The molecule has 0 aliphatic rings. The zero-order chi connectivity index (χ0) is 15.5. The maximum absolute atomic E-state index is 13.3. The lowest BCUT2D eigenvalue weighted by Gasteiger charge is -2.24. The van der Waals surface area contributed by atoms with Gasteiger partial charge in [-0.2, -0.15) is 0 Å². The molecule has 1 aromatic rings. The van der Waals surface area contributed by atoms with E-state index in [0.29, 0.717) is 0 Å². The SMILES string of the molecule is CCCC(C(=O)Nc1c(C)cc(F)cc1C)[P+](C)(C)C. The van der Waals surface area contributed by atoms with Gasteiger partial charge in [0.2, 0.25) is 0 Å². The second-order valence-electron chi connectivity index (χ2n) is 6.32. The molecule has 0 saturated heterocycles. The van der Waals surface area contributed by atoms with Crippen molar-refractivity contribution >= 4 is 18.9 Å². The summed E-state index contributed by atoms with van der Waals surface area (Å²) in [5.41, 5.74) is 2.37. The van der Waals surface area contributed by atoms with E-state index in [0.717, 1.165) is 29.7 Å². The van der Waals surface area contributed by atoms with E-state index in [-0.39, 0.29) is 17.4 Å². The van der Waals surface area contributed by atoms with E-state index in [1.165, 1.54) is 12.1 Å². The van der Waals surface area contributed by atoms with Crippen LogP contribution < -0.4 is 5.32 Å². The van der Waals surface area contributed by atoms with Crippen molar-refractivity contribution in [3.63, 3.8) is 0 Å². The molecule has 1 unspecified atom stereocenters. The second-order valence-corrected chi connectivity index (χ2v) is 11.2. The molecule has 1 atom stereocenters. The highest BCUT2D eigenvalue weighted by Gasteiger charge is 2.37. The number of benzene rings is 1. The summed E-state index contributed by atoms with van der Waals surface area (Å²) in [4.78, 5) is 12.6. The van der Waals surface area contributed by atoms with Crippen LogP contribution in [0.1, 0.15) is 30.9 Å². The second kappa shape index (κ2) is 6.67. The van der Waals surface area contributed by atoms with Crippen LogP contribution in [-0.2, 0) is 4.79 Å². The molecular formula is C16H26FNOP+. The average molecular weight is 298 g/mol. The first-order valence-corrected chi connectivity index (χ1v) is 10.3. The maximum Gasteiger partial charge on any atom is 0.265 e. The van der Waals surface area contributed by atoms with Crippen molar-refractivity contribution in [2.45, 2.75) is 39.3 Å². The van der Waals surface area contributed by atoms with Crippen molar-refractivity contribution < 1.29 is 9.18 Å². The van der Waals surface area contributed by atoms with Gasteiger partial charge in [-0.15, -0.1) is 0 Å². The first kappa shape index (κ1) is 17.1. The van der Waals surface area contributed by atoms with Gasteiger partial charge in [-0.25, -0.2) is 4.39 Å². The van der Waals surface area contributed by atoms with Gasteiger partial charge in [0.1, 0.15) is 11.5 Å². The lowest BCUT2D eigenvalue weighted by atomic mass is 10.1. The van der Waals surface area contributed by atoms with Gasteiger partial charge >= 0.3 is 0 Å². The van der Waals surface area contributed by atoms with Crippen LogP contribution in [0, 0.1) is 19.7 Å². The molecule has 1 amide bonds. The van der Waals surface area contributed by atoms with Crippen molar-refractivity contribution in [1.82, 2.24) is 0 Å². The van der Waals surface area contributed by atoms with Crippen LogP contribution in [0.3, 0.4) is 0 Å². The third kappa shape index (κ3) is 4.28. The van der Waals surface area contributed by atoms with Crippen molar-refractivity contribution in [3.8, 4) is 0 Å². The largest absolute Gasteiger partial charge is 0.322 e. The van der Waals surface area contributed by atoms with Gasteiger partial charge in [0.15, 0.2) is 0 Å². The topological polar surface area (TPSA) is 29.1 Å². The first-order chi connectivity index (χ1) is 9.16. The fourth-order valence-corrected chi connectivity index (χ4v) is 4.26. The number of nitrogens with one attached hydrogen (secondary N) is 1. The molecule has 2 nitrogen and oxygen atoms in total. The molecule has 4 heteroatoms. The van der Waals surface area contributed by atoms with Gasteiger partial charge in [0.05, 0.1) is 0 Å². The van der Waals surface area contributed by atoms with Crippen LogP contribution >= 0.6 is 7.26 Å². The van der Waals surface area contributed by atoms with E-state index in [1.54, 1.807) is 0 Å². The van der Waals surface area contributed by atoms with Gasteiger partial charge in [0.25, 0.3) is 5.91 Å². The summed E-state index contributed by atoms with van der Waals surface area (Å²) in [5.74, 6) is -0.183. The highest BCUT2D eigenvalue weighted by Crippen LogP contribution is 2.54. The van der Waals surface area contributed by atoms with E-state index in [4.69, 9.17) is 0 Å². The Morgan fingerprint density at radius 3 is 2.15 bits per heavy atom. The van der Waals surface area contributed by atoms with Gasteiger partial charge in [-0.05, 0) is 43.5 Å². The van der Waals surface area contributed by atoms with E-state index in [1.807, 2.05) is 13.8 Å². The average Bonchev–Trinajstić information content (AvgIpc) is 2.28. The molecule has 0 radical (unpaired) electrons. The molecule has 0 bridgehead atoms. The van der Waals surface area contributed by atoms with Crippen LogP contribution in [0.15, 0.2) is 12.1 Å². The van der Waals surface area contributed by atoms with Gasteiger partial charge in [-0.3, -0.25) is 4.79 Å². The van der Waals surface area contributed by atoms with Crippen molar-refractivity contribution in [3.05, 3.63) is 29.1 Å². The van der Waals surface area contributed by atoms with Crippen LogP contribution in [-0.4, -0.2) is 31.6 Å². The Morgan fingerprint density at radius 2 is 1.75 bits per heavy atom. The molecule has 0 saturated carbocycles. The molecular weight excluding hydrogens is 272 g/mol. The van der Waals surface area contributed by atoms with Gasteiger partial charge < -0.3 is 5.32 Å². The van der Waals surface area contributed by atoms with E-state index in [2.05, 4.69) is 32.2 Å². The third-order valence-corrected chi connectivity index (χ3v) is 5.91. The molecule has 0 aliphatic heterocycles. The minimum Gasteiger partial charge on any atom is -0.322 e. The fraction of sp³-hybridized carbons (Fsp3) is 0.562. The number of hydrogen-bond donors (Lipinski definition) is 1. The Kier molecular flexibility index (Phi) is 5.70. The Morgan fingerprint density at radius 1 is 1.25 bits per heavy atom. The number of amides is 1. The summed E-state index contributed by atoms with van der Waals surface area (Å²) in [6.07, 6.45) is 1.90. The summed E-state index contributed by atoms with van der Waals surface area (Å²) in [7, 11) is -1.26. The molecule has 0 heterocycles. The summed E-state index contributed by atoms with van der Waals surface area (Å²) in [5, 5.41) is 3.02. The Balaban J connectivity index is 3.00. The predicted octanol–water partition coefficient (Wildman–Crippen LogP) is 4.46. The summed E-state index contributed by atoms with van der Waals surface area (Å²) < 4.78 is 13.3. The molecule has 0 aliphatic carbocycles. The quantitative estimate of drug-likeness (QED) is 0.799. The normalized spacial score (nSPS) is 13.2. The number of aryl methyl sites for hydroxylation is 2. The van der Waals surface area contributed by atoms with Crippen LogP contribution in [0.2, 0.25) is 0 Å². The van der Waals surface area contributed by atoms with Crippen LogP contribution in [0.5, 0.6) is 0 Å². The van der Waals surface area contributed by atoms with E-state index >= 15 is 0 Å². The lowest BCUT2D eigenvalue weighted by Crippen LogP contribution is -2.30. The Hall–Kier alpha value is -0.950. The number of carbonyl (C=O) groups is 1. The standard InChI is InChI=1S/C16H25FNOP/c1-7-8-14(20(4,5)6)16(19)18-15-11(2)9-13(17)10-12(15)3/h9-10,14H,7-8H2,1-6H3/p+1. The highest BCUT2D eigenvalue weighted by molar-refractivity contribution is 7.75. The predicted molar refractivity (Wildman–Crippen MR) is 87.9 cm³/mol. The highest BCUT2D eigenvalue weighted by atomic mass is 31.2. The Labute approximate surface area is 122 Å².